The van der Waals surface area contributed by atoms with Crippen molar-refractivity contribution in [1.29, 1.82) is 0 Å². The molecule has 2 aromatic heterocycles. The molecule has 0 radical (unpaired) electrons. The zero-order valence-corrected chi connectivity index (χ0v) is 14.3. The van der Waals surface area contributed by atoms with Crippen LogP contribution in [0.3, 0.4) is 0 Å². The van der Waals surface area contributed by atoms with Crippen LogP contribution < -0.4 is 10.1 Å². The largest absolute Gasteiger partial charge is 0.477 e. The summed E-state index contributed by atoms with van der Waals surface area (Å²) in [6, 6.07) is 9.65. The van der Waals surface area contributed by atoms with Crippen molar-refractivity contribution in [1.82, 2.24) is 9.97 Å². The van der Waals surface area contributed by atoms with Crippen molar-refractivity contribution in [3.63, 3.8) is 0 Å². The van der Waals surface area contributed by atoms with Gasteiger partial charge >= 0.3 is 0 Å². The zero-order valence-electron chi connectivity index (χ0n) is 13.5. The minimum atomic E-state index is -0.320. The average Bonchev–Trinajstić information content (AvgIpc) is 3.04. The molecule has 1 N–H and O–H groups in total. The molecule has 0 aliphatic carbocycles. The van der Waals surface area contributed by atoms with Crippen LogP contribution in [0.5, 0.6) is 5.88 Å². The molecule has 5 nitrogen and oxygen atoms in total. The number of carbonyl (C=O) groups excluding carboxylic acids is 1. The second-order valence-electron chi connectivity index (χ2n) is 5.18. The van der Waals surface area contributed by atoms with Crippen LogP contribution in [-0.2, 0) is 6.42 Å². The Labute approximate surface area is 148 Å². The quantitative estimate of drug-likeness (QED) is 0.726. The summed E-state index contributed by atoms with van der Waals surface area (Å²) in [6.45, 7) is 2.26. The fourth-order valence-corrected chi connectivity index (χ4v) is 3.07. The molecular weight excluding hydrogens is 341 g/mol. The van der Waals surface area contributed by atoms with Crippen LogP contribution >= 0.6 is 11.3 Å². The molecule has 0 saturated heterocycles. The Morgan fingerprint density at radius 3 is 2.80 bits per heavy atom. The zero-order chi connectivity index (χ0) is 17.6. The van der Waals surface area contributed by atoms with E-state index in [1.54, 1.807) is 36.7 Å². The first-order chi connectivity index (χ1) is 12.2. The van der Waals surface area contributed by atoms with Gasteiger partial charge in [-0.05, 0) is 36.8 Å². The summed E-state index contributed by atoms with van der Waals surface area (Å²) in [5.74, 6) is -0.285. The first-order valence-corrected chi connectivity index (χ1v) is 8.55. The fourth-order valence-electron chi connectivity index (χ4n) is 2.23. The van der Waals surface area contributed by atoms with E-state index in [0.29, 0.717) is 29.6 Å². The van der Waals surface area contributed by atoms with Gasteiger partial charge in [-0.3, -0.25) is 10.1 Å². The number of benzene rings is 1. The van der Waals surface area contributed by atoms with E-state index in [1.165, 1.54) is 23.5 Å². The molecule has 7 heteroatoms. The summed E-state index contributed by atoms with van der Waals surface area (Å²) < 4.78 is 18.3. The highest BCUT2D eigenvalue weighted by Gasteiger charge is 2.15. The molecule has 0 fully saturated rings. The molecule has 0 atom stereocenters. The Morgan fingerprint density at radius 2 is 2.04 bits per heavy atom. The number of hydrogen-bond donors (Lipinski definition) is 1. The first kappa shape index (κ1) is 17.0. The maximum absolute atomic E-state index is 12.9. The molecule has 25 heavy (non-hydrogen) atoms. The predicted molar refractivity (Wildman–Crippen MR) is 94.7 cm³/mol. The van der Waals surface area contributed by atoms with Crippen molar-refractivity contribution in [2.75, 3.05) is 11.9 Å². The molecule has 0 bridgehead atoms. The fraction of sp³-hybridized carbons (Fsp3) is 0.167. The summed E-state index contributed by atoms with van der Waals surface area (Å²) in [7, 11) is 0. The van der Waals surface area contributed by atoms with Crippen LogP contribution in [-0.4, -0.2) is 22.5 Å². The number of nitrogens with one attached hydrogen (secondary N) is 1. The number of aromatic nitrogens is 2. The van der Waals surface area contributed by atoms with Crippen LogP contribution in [0, 0.1) is 5.82 Å². The second kappa shape index (κ2) is 7.85. The van der Waals surface area contributed by atoms with Crippen molar-refractivity contribution < 1.29 is 13.9 Å². The van der Waals surface area contributed by atoms with Crippen LogP contribution in [0.15, 0.2) is 48.8 Å². The number of carbonyl (C=O) groups is 1. The van der Waals surface area contributed by atoms with Crippen LogP contribution in [0.2, 0.25) is 0 Å². The van der Waals surface area contributed by atoms with Crippen molar-refractivity contribution >= 4 is 22.4 Å². The van der Waals surface area contributed by atoms with Gasteiger partial charge in [-0.15, -0.1) is 11.3 Å². The third-order valence-corrected chi connectivity index (χ3v) is 4.28. The van der Waals surface area contributed by atoms with Gasteiger partial charge in [0.2, 0.25) is 5.88 Å². The number of hydrogen-bond acceptors (Lipinski definition) is 5. The van der Waals surface area contributed by atoms with E-state index in [0.717, 1.165) is 10.4 Å². The summed E-state index contributed by atoms with van der Waals surface area (Å²) in [6.07, 6.45) is 3.91. The molecule has 0 spiro atoms. The third-order valence-electron chi connectivity index (χ3n) is 3.36. The topological polar surface area (TPSA) is 64.1 Å². The highest BCUT2D eigenvalue weighted by atomic mass is 32.1. The SMILES string of the molecule is CCOc1ncccc1C(=O)Nc1ncc(Cc2ccc(F)cc2)s1. The lowest BCUT2D eigenvalue weighted by atomic mass is 10.1. The molecular formula is C18H16FN3O2S. The van der Waals surface area contributed by atoms with Gasteiger partial charge in [0.25, 0.3) is 5.91 Å². The number of halogens is 1. The van der Waals surface area contributed by atoms with Crippen molar-refractivity contribution in [2.24, 2.45) is 0 Å². The van der Waals surface area contributed by atoms with E-state index in [1.807, 2.05) is 6.92 Å². The van der Waals surface area contributed by atoms with E-state index >= 15 is 0 Å². The molecule has 0 aliphatic heterocycles. The molecule has 1 amide bonds. The molecule has 0 unspecified atom stereocenters. The van der Waals surface area contributed by atoms with Gasteiger partial charge in [0, 0.05) is 23.7 Å². The van der Waals surface area contributed by atoms with Crippen molar-refractivity contribution in [3.8, 4) is 5.88 Å². The normalized spacial score (nSPS) is 10.5. The van der Waals surface area contributed by atoms with Gasteiger partial charge in [0.1, 0.15) is 11.4 Å². The molecule has 2 heterocycles. The number of ether oxygens (including phenoxy) is 1. The van der Waals surface area contributed by atoms with Crippen LogP contribution in [0.4, 0.5) is 9.52 Å². The number of rotatable bonds is 6. The minimum absolute atomic E-state index is 0.262. The van der Waals surface area contributed by atoms with Gasteiger partial charge in [0.05, 0.1) is 6.61 Å². The lowest BCUT2D eigenvalue weighted by Gasteiger charge is -2.07. The molecule has 3 rings (SSSR count). The number of pyridine rings is 1. The third kappa shape index (κ3) is 4.39. The van der Waals surface area contributed by atoms with Crippen LogP contribution in [0.25, 0.3) is 0 Å². The van der Waals surface area contributed by atoms with Crippen LogP contribution in [0.1, 0.15) is 27.7 Å². The Kier molecular flexibility index (Phi) is 5.35. The minimum Gasteiger partial charge on any atom is -0.477 e. The summed E-state index contributed by atoms with van der Waals surface area (Å²) >= 11 is 1.38. The predicted octanol–water partition coefficient (Wildman–Crippen LogP) is 3.92. The Hall–Kier alpha value is -2.80. The molecule has 3 aromatic rings. The summed E-state index contributed by atoms with van der Waals surface area (Å²) in [4.78, 5) is 21.7. The molecule has 0 aliphatic rings. The Balaban J connectivity index is 1.69. The van der Waals surface area contributed by atoms with Gasteiger partial charge < -0.3 is 4.74 Å². The smallest absolute Gasteiger partial charge is 0.262 e. The number of anilines is 1. The highest BCUT2D eigenvalue weighted by Crippen LogP contribution is 2.23. The van der Waals surface area contributed by atoms with Gasteiger partial charge in [-0.2, -0.15) is 0 Å². The lowest BCUT2D eigenvalue weighted by Crippen LogP contribution is -2.14. The molecule has 1 aromatic carbocycles. The number of amides is 1. The van der Waals surface area contributed by atoms with Gasteiger partial charge in [0.15, 0.2) is 5.13 Å². The average molecular weight is 357 g/mol. The standard InChI is InChI=1S/C18H16FN3O2S/c1-2-24-17-15(4-3-9-20-17)16(23)22-18-21-11-14(25-18)10-12-5-7-13(19)8-6-12/h3-9,11H,2,10H2,1H3,(H,21,22,23). The van der Waals surface area contributed by atoms with E-state index in [-0.39, 0.29) is 11.7 Å². The van der Waals surface area contributed by atoms with E-state index in [2.05, 4.69) is 15.3 Å². The number of thiazole rings is 1. The maximum Gasteiger partial charge on any atom is 0.262 e. The second-order valence-corrected chi connectivity index (χ2v) is 6.29. The molecule has 128 valence electrons. The van der Waals surface area contributed by atoms with Crippen molar-refractivity contribution in [2.45, 2.75) is 13.3 Å². The van der Waals surface area contributed by atoms with E-state index in [4.69, 9.17) is 4.74 Å². The Bertz CT molecular complexity index is 865. The maximum atomic E-state index is 12.9. The van der Waals surface area contributed by atoms with Gasteiger partial charge in [-0.25, -0.2) is 14.4 Å². The number of nitrogens with zero attached hydrogens (tertiary/aromatic N) is 2. The summed E-state index contributed by atoms with van der Waals surface area (Å²) in [5.41, 5.74) is 1.34. The lowest BCUT2D eigenvalue weighted by molar-refractivity contribution is 0.102. The van der Waals surface area contributed by atoms with E-state index < -0.39 is 0 Å². The van der Waals surface area contributed by atoms with Gasteiger partial charge in [-0.1, -0.05) is 12.1 Å². The monoisotopic (exact) mass is 357 g/mol. The molecule has 0 saturated carbocycles. The summed E-state index contributed by atoms with van der Waals surface area (Å²) in [5, 5.41) is 3.25. The highest BCUT2D eigenvalue weighted by molar-refractivity contribution is 7.15. The first-order valence-electron chi connectivity index (χ1n) is 7.74. The van der Waals surface area contributed by atoms with Crippen molar-refractivity contribution in [3.05, 3.63) is 70.6 Å². The Morgan fingerprint density at radius 1 is 1.24 bits per heavy atom. The van der Waals surface area contributed by atoms with E-state index in [9.17, 15) is 9.18 Å².